The highest BCUT2D eigenvalue weighted by atomic mass is 16.2. The predicted molar refractivity (Wildman–Crippen MR) is 111 cm³/mol. The second-order valence-electron chi connectivity index (χ2n) is 8.28. The van der Waals surface area contributed by atoms with E-state index in [1.165, 1.54) is 12.8 Å². The van der Waals surface area contributed by atoms with Crippen molar-refractivity contribution in [3.05, 3.63) is 53.0 Å². The molecule has 1 atom stereocenters. The number of amides is 1. The van der Waals surface area contributed by atoms with Gasteiger partial charge in [-0.2, -0.15) is 0 Å². The Balaban J connectivity index is 1.72. The first kappa shape index (κ1) is 19.1. The Morgan fingerprint density at radius 3 is 2.64 bits per heavy atom. The van der Waals surface area contributed by atoms with Gasteiger partial charge in [0.05, 0.1) is 12.6 Å². The molecule has 4 rings (SSSR count). The van der Waals surface area contributed by atoms with Crippen molar-refractivity contribution < 1.29 is 4.79 Å². The molecule has 0 bridgehead atoms. The minimum absolute atomic E-state index is 0.157. The van der Waals surface area contributed by atoms with Crippen LogP contribution >= 0.6 is 0 Å². The Kier molecular flexibility index (Phi) is 5.44. The van der Waals surface area contributed by atoms with Crippen LogP contribution in [0.1, 0.15) is 68.2 Å². The fraction of sp³-hybridized carbons (Fsp3) is 0.522. The molecule has 2 aromatic rings. The van der Waals surface area contributed by atoms with Gasteiger partial charge in [-0.1, -0.05) is 36.8 Å². The van der Waals surface area contributed by atoms with Crippen LogP contribution in [0.3, 0.4) is 0 Å². The number of fused-ring (bicyclic) bond motifs is 1. The van der Waals surface area contributed by atoms with Crippen LogP contribution in [0, 0.1) is 6.92 Å². The number of aromatic nitrogens is 2. The van der Waals surface area contributed by atoms with E-state index >= 15 is 0 Å². The van der Waals surface area contributed by atoms with Crippen LogP contribution in [-0.4, -0.2) is 33.4 Å². The molecule has 1 saturated heterocycles. The number of hydrogen-bond acceptors (Lipinski definition) is 4. The normalized spacial score (nSPS) is 20.5. The van der Waals surface area contributed by atoms with E-state index in [4.69, 9.17) is 9.97 Å². The smallest absolute Gasteiger partial charge is 0.228 e. The van der Waals surface area contributed by atoms with Crippen molar-refractivity contribution in [3.63, 3.8) is 0 Å². The summed E-state index contributed by atoms with van der Waals surface area (Å²) in [7, 11) is 0. The second-order valence-corrected chi connectivity index (χ2v) is 8.28. The molecule has 0 radical (unpaired) electrons. The van der Waals surface area contributed by atoms with Crippen LogP contribution in [-0.2, 0) is 17.8 Å². The van der Waals surface area contributed by atoms with Crippen molar-refractivity contribution in [1.82, 2.24) is 14.9 Å². The third-order valence-electron chi connectivity index (χ3n) is 6.04. The van der Waals surface area contributed by atoms with Crippen LogP contribution in [0.2, 0.25) is 0 Å². The molecule has 0 saturated carbocycles. The SMILES string of the molecule is Cc1nc([C@@H]2CCCCN2C(C)C)nc2c1CCC(=O)N2Cc1ccccc1. The molecule has 2 aliphatic rings. The lowest BCUT2D eigenvalue weighted by Gasteiger charge is -2.38. The zero-order valence-electron chi connectivity index (χ0n) is 17.2. The third-order valence-corrected chi connectivity index (χ3v) is 6.04. The number of aryl methyl sites for hydroxylation is 1. The van der Waals surface area contributed by atoms with Crippen LogP contribution in [0.5, 0.6) is 0 Å². The lowest BCUT2D eigenvalue weighted by molar-refractivity contribution is -0.119. The fourth-order valence-corrected chi connectivity index (χ4v) is 4.53. The molecular weight excluding hydrogens is 348 g/mol. The molecule has 1 amide bonds. The minimum atomic E-state index is 0.157. The highest BCUT2D eigenvalue weighted by Gasteiger charge is 2.32. The molecule has 0 N–H and O–H groups in total. The molecule has 5 heteroatoms. The summed E-state index contributed by atoms with van der Waals surface area (Å²) in [6.07, 6.45) is 4.80. The predicted octanol–water partition coefficient (Wildman–Crippen LogP) is 4.20. The zero-order chi connectivity index (χ0) is 19.7. The molecule has 3 heterocycles. The lowest BCUT2D eigenvalue weighted by atomic mass is 9.98. The number of hydrogen-bond donors (Lipinski definition) is 0. The van der Waals surface area contributed by atoms with Crippen LogP contribution in [0.15, 0.2) is 30.3 Å². The van der Waals surface area contributed by atoms with Gasteiger partial charge in [-0.15, -0.1) is 0 Å². The Morgan fingerprint density at radius 2 is 1.89 bits per heavy atom. The van der Waals surface area contributed by atoms with Crippen molar-refractivity contribution in [2.24, 2.45) is 0 Å². The van der Waals surface area contributed by atoms with E-state index in [0.717, 1.165) is 47.8 Å². The monoisotopic (exact) mass is 378 g/mol. The first-order valence-corrected chi connectivity index (χ1v) is 10.5. The van der Waals surface area contributed by atoms with Crippen molar-refractivity contribution in [3.8, 4) is 0 Å². The standard InChI is InChI=1S/C23H30N4O/c1-16(2)26-14-8-7-11-20(26)22-24-17(3)19-12-13-21(28)27(23(19)25-22)15-18-9-5-4-6-10-18/h4-6,9-10,16,20H,7-8,11-15H2,1-3H3/t20-/m0/s1. The average molecular weight is 379 g/mol. The summed E-state index contributed by atoms with van der Waals surface area (Å²) >= 11 is 0. The molecule has 1 aromatic heterocycles. The average Bonchev–Trinajstić information content (AvgIpc) is 2.71. The summed E-state index contributed by atoms with van der Waals surface area (Å²) < 4.78 is 0. The van der Waals surface area contributed by atoms with Crippen LogP contribution in [0.4, 0.5) is 5.82 Å². The van der Waals surface area contributed by atoms with Crippen LogP contribution in [0.25, 0.3) is 0 Å². The highest BCUT2D eigenvalue weighted by Crippen LogP contribution is 2.35. The number of likely N-dealkylation sites (tertiary alicyclic amines) is 1. The number of nitrogens with zero attached hydrogens (tertiary/aromatic N) is 4. The van der Waals surface area contributed by atoms with E-state index in [0.29, 0.717) is 19.0 Å². The number of rotatable bonds is 4. The Hall–Kier alpha value is -2.27. The van der Waals surface area contributed by atoms with Crippen molar-refractivity contribution in [2.45, 2.75) is 71.5 Å². The van der Waals surface area contributed by atoms with E-state index in [2.05, 4.69) is 37.8 Å². The molecule has 148 valence electrons. The minimum Gasteiger partial charge on any atom is -0.292 e. The summed E-state index contributed by atoms with van der Waals surface area (Å²) in [6, 6.07) is 10.9. The first-order chi connectivity index (χ1) is 13.5. The molecular formula is C23H30N4O. The summed E-state index contributed by atoms with van der Waals surface area (Å²) in [6.45, 7) is 8.22. The maximum Gasteiger partial charge on any atom is 0.228 e. The van der Waals surface area contributed by atoms with E-state index in [9.17, 15) is 4.79 Å². The van der Waals surface area contributed by atoms with E-state index in [-0.39, 0.29) is 11.9 Å². The molecule has 1 fully saturated rings. The van der Waals surface area contributed by atoms with Gasteiger partial charge in [0, 0.05) is 23.7 Å². The van der Waals surface area contributed by atoms with Gasteiger partial charge in [-0.05, 0) is 52.1 Å². The topological polar surface area (TPSA) is 49.3 Å². The maximum absolute atomic E-state index is 12.8. The first-order valence-electron chi connectivity index (χ1n) is 10.5. The van der Waals surface area contributed by atoms with Crippen LogP contribution < -0.4 is 4.90 Å². The molecule has 5 nitrogen and oxygen atoms in total. The number of carbonyl (C=O) groups excluding carboxylic acids is 1. The molecule has 0 spiro atoms. The van der Waals surface area contributed by atoms with Crippen molar-refractivity contribution in [2.75, 3.05) is 11.4 Å². The van der Waals surface area contributed by atoms with E-state index in [1.807, 2.05) is 23.1 Å². The van der Waals surface area contributed by atoms with Gasteiger partial charge < -0.3 is 0 Å². The summed E-state index contributed by atoms with van der Waals surface area (Å²) in [5, 5.41) is 0. The fourth-order valence-electron chi connectivity index (χ4n) is 4.53. The zero-order valence-corrected chi connectivity index (χ0v) is 17.2. The van der Waals surface area contributed by atoms with Gasteiger partial charge in [0.15, 0.2) is 0 Å². The molecule has 2 aliphatic heterocycles. The molecule has 0 unspecified atom stereocenters. The van der Waals surface area contributed by atoms with Crippen molar-refractivity contribution in [1.29, 1.82) is 0 Å². The highest BCUT2D eigenvalue weighted by molar-refractivity contribution is 5.95. The molecule has 0 aliphatic carbocycles. The Morgan fingerprint density at radius 1 is 1.11 bits per heavy atom. The summed E-state index contributed by atoms with van der Waals surface area (Å²) in [5.41, 5.74) is 3.29. The summed E-state index contributed by atoms with van der Waals surface area (Å²) in [5.74, 6) is 1.87. The number of benzene rings is 1. The number of anilines is 1. The third kappa shape index (κ3) is 3.68. The Labute approximate surface area is 167 Å². The number of piperidine rings is 1. The quantitative estimate of drug-likeness (QED) is 0.800. The number of carbonyl (C=O) groups is 1. The largest absolute Gasteiger partial charge is 0.292 e. The molecule has 1 aromatic carbocycles. The van der Waals surface area contributed by atoms with Gasteiger partial charge in [0.2, 0.25) is 5.91 Å². The van der Waals surface area contributed by atoms with E-state index < -0.39 is 0 Å². The molecule has 28 heavy (non-hydrogen) atoms. The van der Waals surface area contributed by atoms with Gasteiger partial charge >= 0.3 is 0 Å². The summed E-state index contributed by atoms with van der Waals surface area (Å²) in [4.78, 5) is 27.1. The van der Waals surface area contributed by atoms with E-state index in [1.54, 1.807) is 0 Å². The maximum atomic E-state index is 12.8. The van der Waals surface area contributed by atoms with Gasteiger partial charge in [-0.25, -0.2) is 9.97 Å². The lowest BCUT2D eigenvalue weighted by Crippen LogP contribution is -2.40. The van der Waals surface area contributed by atoms with Gasteiger partial charge in [-0.3, -0.25) is 14.6 Å². The van der Waals surface area contributed by atoms with Gasteiger partial charge in [0.1, 0.15) is 11.6 Å². The van der Waals surface area contributed by atoms with Crippen molar-refractivity contribution >= 4 is 11.7 Å². The Bertz CT molecular complexity index is 849. The van der Waals surface area contributed by atoms with Gasteiger partial charge in [0.25, 0.3) is 0 Å². The second kappa shape index (κ2) is 8.00.